The van der Waals surface area contributed by atoms with Gasteiger partial charge in [-0.1, -0.05) is 233 Å². The van der Waals surface area contributed by atoms with Gasteiger partial charge in [-0.2, -0.15) is 0 Å². The first-order chi connectivity index (χ1) is 32.1. The topological polar surface area (TPSA) is 162 Å². The number of ether oxygens (including phenoxy) is 1. The predicted octanol–water partition coefficient (Wildman–Crippen LogP) is 14.7. The molecular formula is C56H106N4O6. The van der Waals surface area contributed by atoms with Gasteiger partial charge in [0.15, 0.2) is 11.7 Å². The van der Waals surface area contributed by atoms with Gasteiger partial charge in [0.05, 0.1) is 12.5 Å². The average Bonchev–Trinajstić information content (AvgIpc) is 3.29. The third-order valence-corrected chi connectivity index (χ3v) is 13.5. The van der Waals surface area contributed by atoms with Crippen LogP contribution >= 0.6 is 0 Å². The van der Waals surface area contributed by atoms with Crippen molar-refractivity contribution in [1.82, 2.24) is 4.90 Å². The Bertz CT molecular complexity index is 1220. The van der Waals surface area contributed by atoms with Gasteiger partial charge in [0.25, 0.3) is 0 Å². The van der Waals surface area contributed by atoms with Crippen LogP contribution in [0, 0.1) is 5.92 Å². The van der Waals surface area contributed by atoms with Crippen molar-refractivity contribution in [3.63, 3.8) is 0 Å². The normalized spacial score (nSPS) is 12.7. The van der Waals surface area contributed by atoms with Crippen LogP contribution in [-0.2, 0) is 28.7 Å². The second kappa shape index (κ2) is 44.7. The van der Waals surface area contributed by atoms with E-state index in [1.165, 1.54) is 103 Å². The molecule has 0 aliphatic carbocycles. The van der Waals surface area contributed by atoms with Gasteiger partial charge in [-0.05, 0) is 39.0 Å². The molecule has 1 unspecified atom stereocenters. The van der Waals surface area contributed by atoms with Crippen LogP contribution in [0.15, 0.2) is 4.99 Å². The lowest BCUT2D eigenvalue weighted by Gasteiger charge is -2.44. The zero-order chi connectivity index (χ0) is 48.9. The van der Waals surface area contributed by atoms with Crippen LogP contribution in [0.25, 0.3) is 0 Å². The molecule has 0 bridgehead atoms. The molecular weight excluding hydrogens is 825 g/mol. The number of Topliss-reactive ketones (excluding diaryl/α,β-unsaturated/α-hetero) is 2. The lowest BCUT2D eigenvalue weighted by Crippen LogP contribution is -2.69. The molecule has 10 heteroatoms. The Hall–Kier alpha value is -2.78. The van der Waals surface area contributed by atoms with Crippen molar-refractivity contribution < 1.29 is 28.7 Å². The third kappa shape index (κ3) is 29.9. The lowest BCUT2D eigenvalue weighted by atomic mass is 9.71. The molecule has 2 amide bonds. The summed E-state index contributed by atoms with van der Waals surface area (Å²) in [6.07, 6.45) is 37.5. The van der Waals surface area contributed by atoms with Gasteiger partial charge >= 0.3 is 5.97 Å². The van der Waals surface area contributed by atoms with Crippen molar-refractivity contribution in [3.8, 4) is 0 Å². The molecule has 0 saturated heterocycles. The van der Waals surface area contributed by atoms with Crippen molar-refractivity contribution in [2.75, 3.05) is 13.2 Å². The van der Waals surface area contributed by atoms with Gasteiger partial charge in [0.2, 0.25) is 17.4 Å². The van der Waals surface area contributed by atoms with Gasteiger partial charge in [0.1, 0.15) is 5.78 Å². The number of hydrogen-bond donors (Lipinski definition) is 2. The zero-order valence-corrected chi connectivity index (χ0v) is 44.0. The molecule has 386 valence electrons. The van der Waals surface area contributed by atoms with Crippen LogP contribution in [0.2, 0.25) is 0 Å². The van der Waals surface area contributed by atoms with Crippen LogP contribution < -0.4 is 11.5 Å². The number of amides is 2. The summed E-state index contributed by atoms with van der Waals surface area (Å²) in [6, 6.07) is 0. The Morgan fingerprint density at radius 2 is 0.742 bits per heavy atom. The second-order valence-electron chi connectivity index (χ2n) is 19.5. The summed E-state index contributed by atoms with van der Waals surface area (Å²) in [7, 11) is 0. The van der Waals surface area contributed by atoms with Crippen molar-refractivity contribution in [3.05, 3.63) is 0 Å². The number of aliphatic imine (C=N–C) groups is 1. The van der Waals surface area contributed by atoms with Crippen LogP contribution in [0.5, 0.6) is 0 Å². The number of nitrogens with zero attached hydrogens (tertiary/aromatic N) is 2. The monoisotopic (exact) mass is 931 g/mol. The van der Waals surface area contributed by atoms with E-state index in [1.54, 1.807) is 6.92 Å². The number of ketones is 2. The van der Waals surface area contributed by atoms with E-state index < -0.39 is 35.0 Å². The highest BCUT2D eigenvalue weighted by Gasteiger charge is 2.62. The van der Waals surface area contributed by atoms with Gasteiger partial charge in [0, 0.05) is 32.2 Å². The molecule has 0 spiro atoms. The van der Waals surface area contributed by atoms with E-state index >= 15 is 9.59 Å². The van der Waals surface area contributed by atoms with E-state index in [0.717, 1.165) is 108 Å². The maximum Gasteiger partial charge on any atom is 0.341 e. The SMILES string of the molecule is CCCCCCCCCCCC(=O)C(CCN=C(N)N)[C@@](C(=O)CCCCCCCCCCC)(C(=O)OCC)N(C(=O)CCCCCCCCCCC)C(=O)CCCCCCCCCCC. The molecule has 0 aromatic heterocycles. The molecule has 66 heavy (non-hydrogen) atoms. The second-order valence-corrected chi connectivity index (χ2v) is 19.5. The highest BCUT2D eigenvalue weighted by atomic mass is 16.5. The molecule has 0 saturated carbocycles. The molecule has 0 aromatic rings. The Labute approximate surface area is 406 Å². The Morgan fingerprint density at radius 1 is 0.439 bits per heavy atom. The summed E-state index contributed by atoms with van der Waals surface area (Å²) < 4.78 is 5.81. The predicted molar refractivity (Wildman–Crippen MR) is 277 cm³/mol. The molecule has 0 fully saturated rings. The first-order valence-electron chi connectivity index (χ1n) is 28.2. The smallest absolute Gasteiger partial charge is 0.341 e. The third-order valence-electron chi connectivity index (χ3n) is 13.5. The fourth-order valence-electron chi connectivity index (χ4n) is 9.49. The number of rotatable bonds is 49. The van der Waals surface area contributed by atoms with Crippen LogP contribution in [0.4, 0.5) is 0 Å². The van der Waals surface area contributed by atoms with E-state index in [0.29, 0.717) is 25.7 Å². The molecule has 0 aliphatic heterocycles. The van der Waals surface area contributed by atoms with Crippen molar-refractivity contribution >= 4 is 35.3 Å². The van der Waals surface area contributed by atoms with E-state index in [4.69, 9.17) is 16.2 Å². The number of hydrogen-bond acceptors (Lipinski definition) is 7. The van der Waals surface area contributed by atoms with Crippen LogP contribution in [-0.4, -0.2) is 58.9 Å². The van der Waals surface area contributed by atoms with Crippen molar-refractivity contribution in [2.45, 2.75) is 303 Å². The number of carbonyl (C=O) groups excluding carboxylic acids is 5. The molecule has 0 aliphatic rings. The number of carbonyl (C=O) groups is 5. The minimum Gasteiger partial charge on any atom is -0.464 e. The van der Waals surface area contributed by atoms with Crippen LogP contribution in [0.3, 0.4) is 0 Å². The first-order valence-corrected chi connectivity index (χ1v) is 28.2. The molecule has 0 heterocycles. The standard InChI is InChI=1S/C56H106N4O6/c1-6-11-15-19-23-27-31-35-39-43-50(61)49(47-48-59-55(57)58)56(54(65)66-10-5,51(62)44-40-36-32-28-24-20-16-12-7-2)60(52(63)45-41-37-33-29-25-21-17-13-8-3)53(64)46-42-38-34-30-26-22-18-14-9-4/h49H,6-48H2,1-5H3,(H4,57,58,59)/t49?,56-/m1/s1. The highest BCUT2D eigenvalue weighted by Crippen LogP contribution is 2.37. The number of imide groups is 1. The van der Waals surface area contributed by atoms with E-state index in [-0.39, 0.29) is 57.0 Å². The van der Waals surface area contributed by atoms with Gasteiger partial charge in [-0.25, -0.2) is 4.79 Å². The summed E-state index contributed by atoms with van der Waals surface area (Å²) in [6.45, 7) is 10.4. The quantitative estimate of drug-likeness (QED) is 0.0200. The Kier molecular flexibility index (Phi) is 42.8. The molecule has 0 aromatic carbocycles. The number of esters is 1. The van der Waals surface area contributed by atoms with Crippen molar-refractivity contribution in [2.24, 2.45) is 22.4 Å². The molecule has 0 radical (unpaired) electrons. The van der Waals surface area contributed by atoms with E-state index in [2.05, 4.69) is 32.7 Å². The van der Waals surface area contributed by atoms with Crippen molar-refractivity contribution in [1.29, 1.82) is 0 Å². The number of unbranched alkanes of at least 4 members (excludes halogenated alkanes) is 32. The average molecular weight is 931 g/mol. The first kappa shape index (κ1) is 63.2. The minimum absolute atomic E-state index is 0.00112. The fraction of sp³-hybridized carbons (Fsp3) is 0.893. The molecule has 2 atom stereocenters. The highest BCUT2D eigenvalue weighted by molar-refractivity contribution is 6.18. The summed E-state index contributed by atoms with van der Waals surface area (Å²) in [4.78, 5) is 80.3. The molecule has 0 rings (SSSR count). The number of guanidine groups is 1. The lowest BCUT2D eigenvalue weighted by molar-refractivity contribution is -0.180. The molecule has 10 nitrogen and oxygen atoms in total. The van der Waals surface area contributed by atoms with Gasteiger partial charge in [-0.15, -0.1) is 0 Å². The molecule has 4 N–H and O–H groups in total. The van der Waals surface area contributed by atoms with E-state index in [1.807, 2.05) is 0 Å². The summed E-state index contributed by atoms with van der Waals surface area (Å²) in [5.74, 6) is -4.57. The fourth-order valence-corrected chi connectivity index (χ4v) is 9.49. The Morgan fingerprint density at radius 3 is 1.06 bits per heavy atom. The summed E-state index contributed by atoms with van der Waals surface area (Å²) in [5, 5.41) is 0. The largest absolute Gasteiger partial charge is 0.464 e. The van der Waals surface area contributed by atoms with Gasteiger partial charge < -0.3 is 16.2 Å². The van der Waals surface area contributed by atoms with Gasteiger partial charge in [-0.3, -0.25) is 29.1 Å². The number of nitrogens with two attached hydrogens (primary N) is 2. The minimum atomic E-state index is -2.45. The van der Waals surface area contributed by atoms with Crippen LogP contribution in [0.1, 0.15) is 298 Å². The Balaban J connectivity index is 7.03. The zero-order valence-electron chi connectivity index (χ0n) is 44.0. The maximum absolute atomic E-state index is 15.4. The summed E-state index contributed by atoms with van der Waals surface area (Å²) >= 11 is 0. The maximum atomic E-state index is 15.4. The van der Waals surface area contributed by atoms with E-state index in [9.17, 15) is 14.4 Å². The summed E-state index contributed by atoms with van der Waals surface area (Å²) in [5.41, 5.74) is 9.15.